The van der Waals surface area contributed by atoms with E-state index in [9.17, 15) is 4.79 Å². The molecular formula is C25H28ClN3O. The molecule has 1 saturated heterocycles. The van der Waals surface area contributed by atoms with Gasteiger partial charge in [-0.2, -0.15) is 0 Å². The number of rotatable bonds is 4. The van der Waals surface area contributed by atoms with Gasteiger partial charge in [0.05, 0.1) is 5.52 Å². The molecule has 5 heteroatoms. The summed E-state index contributed by atoms with van der Waals surface area (Å²) < 4.78 is 0. The van der Waals surface area contributed by atoms with Gasteiger partial charge in [0.15, 0.2) is 0 Å². The van der Waals surface area contributed by atoms with Gasteiger partial charge in [-0.15, -0.1) is 12.4 Å². The SMILES string of the molecule is CN(c1ccc(-c2cnc3ccccc3c2)cc1)C1CCN(C(=O)C2CC2)CC1.Cl. The van der Waals surface area contributed by atoms with E-state index in [2.05, 4.69) is 64.3 Å². The van der Waals surface area contributed by atoms with E-state index in [1.807, 2.05) is 18.3 Å². The number of nitrogens with zero attached hydrogens (tertiary/aromatic N) is 3. The van der Waals surface area contributed by atoms with Crippen molar-refractivity contribution in [2.75, 3.05) is 25.0 Å². The molecule has 0 atom stereocenters. The Morgan fingerprint density at radius 3 is 2.37 bits per heavy atom. The van der Waals surface area contributed by atoms with Gasteiger partial charge in [-0.05, 0) is 55.5 Å². The van der Waals surface area contributed by atoms with Gasteiger partial charge in [0.25, 0.3) is 0 Å². The second-order valence-electron chi connectivity index (χ2n) is 8.41. The van der Waals surface area contributed by atoms with Crippen molar-refractivity contribution in [3.63, 3.8) is 0 Å². The average molecular weight is 422 g/mol. The number of hydrogen-bond donors (Lipinski definition) is 0. The largest absolute Gasteiger partial charge is 0.371 e. The molecule has 1 aliphatic carbocycles. The van der Waals surface area contributed by atoms with Crippen LogP contribution in [0.5, 0.6) is 0 Å². The van der Waals surface area contributed by atoms with E-state index in [-0.39, 0.29) is 12.4 Å². The summed E-state index contributed by atoms with van der Waals surface area (Å²) in [6.45, 7) is 1.79. The van der Waals surface area contributed by atoms with Crippen molar-refractivity contribution in [2.45, 2.75) is 31.7 Å². The molecule has 1 aliphatic heterocycles. The number of piperidine rings is 1. The van der Waals surface area contributed by atoms with Gasteiger partial charge in [0.1, 0.15) is 0 Å². The fraction of sp³-hybridized carbons (Fsp3) is 0.360. The van der Waals surface area contributed by atoms with Gasteiger partial charge >= 0.3 is 0 Å². The van der Waals surface area contributed by atoms with E-state index >= 15 is 0 Å². The van der Waals surface area contributed by atoms with Gasteiger partial charge in [0, 0.05) is 54.9 Å². The van der Waals surface area contributed by atoms with E-state index in [1.54, 1.807) is 0 Å². The zero-order valence-corrected chi connectivity index (χ0v) is 18.1. The minimum absolute atomic E-state index is 0. The summed E-state index contributed by atoms with van der Waals surface area (Å²) in [5, 5.41) is 1.17. The zero-order chi connectivity index (χ0) is 19.8. The standard InChI is InChI=1S/C25H27N3O.ClH/c1-27(23-12-14-28(15-13-23)25(29)19-6-7-19)22-10-8-18(9-11-22)21-16-20-4-2-3-5-24(20)26-17-21;/h2-5,8-11,16-17,19,23H,6-7,12-15H2,1H3;1H. The van der Waals surface area contributed by atoms with Gasteiger partial charge < -0.3 is 9.80 Å². The first-order valence-electron chi connectivity index (χ1n) is 10.7. The molecule has 5 rings (SSSR count). The van der Waals surface area contributed by atoms with E-state index in [1.165, 1.54) is 16.6 Å². The lowest BCUT2D eigenvalue weighted by Gasteiger charge is -2.38. The van der Waals surface area contributed by atoms with Gasteiger partial charge in [-0.1, -0.05) is 30.3 Å². The van der Waals surface area contributed by atoms with E-state index < -0.39 is 0 Å². The minimum Gasteiger partial charge on any atom is -0.371 e. The van der Waals surface area contributed by atoms with Crippen LogP contribution in [0.4, 0.5) is 5.69 Å². The fourth-order valence-corrected chi connectivity index (χ4v) is 4.39. The third kappa shape index (κ3) is 4.15. The molecule has 2 aromatic carbocycles. The Hall–Kier alpha value is -2.59. The van der Waals surface area contributed by atoms with Crippen molar-refractivity contribution in [1.29, 1.82) is 0 Å². The second kappa shape index (κ2) is 8.65. The van der Waals surface area contributed by atoms with Crippen molar-refractivity contribution < 1.29 is 4.79 Å². The topological polar surface area (TPSA) is 36.4 Å². The maximum atomic E-state index is 12.3. The first kappa shape index (κ1) is 20.7. The average Bonchev–Trinajstić information content (AvgIpc) is 3.63. The second-order valence-corrected chi connectivity index (χ2v) is 8.41. The molecule has 1 saturated carbocycles. The smallest absolute Gasteiger partial charge is 0.225 e. The Morgan fingerprint density at radius 1 is 0.967 bits per heavy atom. The number of hydrogen-bond acceptors (Lipinski definition) is 3. The van der Waals surface area contributed by atoms with Crippen LogP contribution in [-0.2, 0) is 4.79 Å². The van der Waals surface area contributed by atoms with Crippen LogP contribution in [-0.4, -0.2) is 42.0 Å². The number of fused-ring (bicyclic) bond motifs is 1. The number of benzene rings is 2. The number of anilines is 1. The first-order chi connectivity index (χ1) is 14.2. The van der Waals surface area contributed by atoms with Crippen molar-refractivity contribution >= 4 is 34.9 Å². The minimum atomic E-state index is 0. The number of carbonyl (C=O) groups is 1. The van der Waals surface area contributed by atoms with Crippen molar-refractivity contribution in [3.8, 4) is 11.1 Å². The summed E-state index contributed by atoms with van der Waals surface area (Å²) in [6.07, 6.45) is 6.24. The maximum Gasteiger partial charge on any atom is 0.225 e. The van der Waals surface area contributed by atoms with Crippen LogP contribution in [0, 0.1) is 5.92 Å². The molecule has 3 aromatic rings. The number of aromatic nitrogens is 1. The summed E-state index contributed by atoms with van der Waals surface area (Å²) in [6, 6.07) is 19.7. The van der Waals surface area contributed by atoms with Crippen LogP contribution in [0.3, 0.4) is 0 Å². The third-order valence-electron chi connectivity index (χ3n) is 6.45. The summed E-state index contributed by atoms with van der Waals surface area (Å²) in [7, 11) is 2.18. The lowest BCUT2D eigenvalue weighted by molar-refractivity contribution is -0.133. The Kier molecular flexibility index (Phi) is 5.96. The highest BCUT2D eigenvalue weighted by atomic mass is 35.5. The van der Waals surface area contributed by atoms with E-state index in [0.29, 0.717) is 17.9 Å². The highest BCUT2D eigenvalue weighted by molar-refractivity contribution is 5.85. The summed E-state index contributed by atoms with van der Waals surface area (Å²) in [5.74, 6) is 0.723. The van der Waals surface area contributed by atoms with Crippen molar-refractivity contribution in [1.82, 2.24) is 9.88 Å². The Morgan fingerprint density at radius 2 is 1.67 bits per heavy atom. The lowest BCUT2D eigenvalue weighted by Crippen LogP contribution is -2.46. The van der Waals surface area contributed by atoms with Crippen LogP contribution in [0.1, 0.15) is 25.7 Å². The van der Waals surface area contributed by atoms with Gasteiger partial charge in [-0.25, -0.2) is 0 Å². The summed E-state index contributed by atoms with van der Waals surface area (Å²) in [4.78, 5) is 21.3. The summed E-state index contributed by atoms with van der Waals surface area (Å²) >= 11 is 0. The number of para-hydroxylation sites is 1. The van der Waals surface area contributed by atoms with Crippen molar-refractivity contribution in [2.24, 2.45) is 5.92 Å². The van der Waals surface area contributed by atoms with Crippen molar-refractivity contribution in [3.05, 3.63) is 60.8 Å². The van der Waals surface area contributed by atoms with Crippen LogP contribution < -0.4 is 4.90 Å². The monoisotopic (exact) mass is 421 g/mol. The molecule has 2 heterocycles. The number of carbonyl (C=O) groups excluding carboxylic acids is 1. The molecule has 2 fully saturated rings. The number of amides is 1. The Bertz CT molecular complexity index is 1020. The molecule has 1 amide bonds. The van der Waals surface area contributed by atoms with Crippen LogP contribution in [0.25, 0.3) is 22.0 Å². The molecule has 0 radical (unpaired) electrons. The predicted octanol–water partition coefficient (Wildman–Crippen LogP) is 5.16. The number of halogens is 1. The Labute approximate surface area is 184 Å². The number of likely N-dealkylation sites (tertiary alicyclic amines) is 1. The molecule has 2 aliphatic rings. The molecule has 0 unspecified atom stereocenters. The van der Waals surface area contributed by atoms with Crippen LogP contribution in [0.2, 0.25) is 0 Å². The molecule has 156 valence electrons. The van der Waals surface area contributed by atoms with Crippen LogP contribution >= 0.6 is 12.4 Å². The first-order valence-corrected chi connectivity index (χ1v) is 10.7. The molecule has 0 spiro atoms. The fourth-order valence-electron chi connectivity index (χ4n) is 4.39. The zero-order valence-electron chi connectivity index (χ0n) is 17.3. The maximum absolute atomic E-state index is 12.3. The lowest BCUT2D eigenvalue weighted by atomic mass is 10.0. The third-order valence-corrected chi connectivity index (χ3v) is 6.45. The summed E-state index contributed by atoms with van der Waals surface area (Å²) in [5.41, 5.74) is 4.59. The Balaban J connectivity index is 0.00000218. The van der Waals surface area contributed by atoms with E-state index in [0.717, 1.165) is 49.9 Å². The molecule has 30 heavy (non-hydrogen) atoms. The molecule has 4 nitrogen and oxygen atoms in total. The quantitative estimate of drug-likeness (QED) is 0.583. The molecule has 0 bridgehead atoms. The highest BCUT2D eigenvalue weighted by Crippen LogP contribution is 2.33. The van der Waals surface area contributed by atoms with Gasteiger partial charge in [-0.3, -0.25) is 9.78 Å². The molecule has 1 aromatic heterocycles. The molecule has 0 N–H and O–H groups in total. The molecular weight excluding hydrogens is 394 g/mol. The van der Waals surface area contributed by atoms with Gasteiger partial charge in [0.2, 0.25) is 5.91 Å². The normalized spacial score (nSPS) is 16.9. The highest BCUT2D eigenvalue weighted by Gasteiger charge is 2.35. The number of pyridine rings is 1. The predicted molar refractivity (Wildman–Crippen MR) is 125 cm³/mol. The van der Waals surface area contributed by atoms with Crippen LogP contribution in [0.15, 0.2) is 60.8 Å². The van der Waals surface area contributed by atoms with E-state index in [4.69, 9.17) is 0 Å².